The highest BCUT2D eigenvalue weighted by Crippen LogP contribution is 2.25. The Morgan fingerprint density at radius 2 is 1.95 bits per heavy atom. The topological polar surface area (TPSA) is 38.3 Å². The Bertz CT molecular complexity index is 575. The molecule has 0 aliphatic carbocycles. The van der Waals surface area contributed by atoms with Gasteiger partial charge >= 0.3 is 0 Å². The molecule has 2 aromatic carbocycles. The summed E-state index contributed by atoms with van der Waals surface area (Å²) in [6.45, 7) is -0.0526. The molecule has 0 bridgehead atoms. The summed E-state index contributed by atoms with van der Waals surface area (Å²) >= 11 is 9.21. The smallest absolute Gasteiger partial charge is 0.262 e. The molecule has 0 aliphatic heterocycles. The van der Waals surface area contributed by atoms with Crippen LogP contribution in [0.2, 0.25) is 5.02 Å². The van der Waals surface area contributed by atoms with E-state index in [9.17, 15) is 4.79 Å². The minimum Gasteiger partial charge on any atom is -0.484 e. The summed E-state index contributed by atoms with van der Waals surface area (Å²) in [5.74, 6) is 0.412. The number of carbonyl (C=O) groups excluding carboxylic acids is 1. The van der Waals surface area contributed by atoms with E-state index in [0.717, 1.165) is 4.47 Å². The van der Waals surface area contributed by atoms with Gasteiger partial charge in [-0.25, -0.2) is 0 Å². The number of para-hydroxylation sites is 1. The van der Waals surface area contributed by atoms with Gasteiger partial charge in [0.15, 0.2) is 6.61 Å². The van der Waals surface area contributed by atoms with Crippen LogP contribution in [0.5, 0.6) is 5.75 Å². The van der Waals surface area contributed by atoms with E-state index in [1.807, 2.05) is 18.2 Å². The first kappa shape index (κ1) is 13.9. The van der Waals surface area contributed by atoms with Crippen LogP contribution in [0.15, 0.2) is 53.0 Å². The molecule has 0 unspecified atom stereocenters. The number of halogens is 2. The van der Waals surface area contributed by atoms with Crippen molar-refractivity contribution in [2.45, 2.75) is 0 Å². The molecule has 0 aromatic heterocycles. The second kappa shape index (κ2) is 6.59. The molecule has 0 spiro atoms. The Kier molecular flexibility index (Phi) is 4.82. The summed E-state index contributed by atoms with van der Waals surface area (Å²) in [4.78, 5) is 11.7. The van der Waals surface area contributed by atoms with Crippen molar-refractivity contribution in [2.24, 2.45) is 0 Å². The lowest BCUT2D eigenvalue weighted by molar-refractivity contribution is -0.118. The van der Waals surface area contributed by atoms with Gasteiger partial charge in [0.1, 0.15) is 5.75 Å². The minimum absolute atomic E-state index is 0.0526. The molecule has 19 heavy (non-hydrogen) atoms. The number of amides is 1. The van der Waals surface area contributed by atoms with Gasteiger partial charge in [0, 0.05) is 9.50 Å². The van der Waals surface area contributed by atoms with Crippen molar-refractivity contribution in [3.05, 3.63) is 58.0 Å². The van der Waals surface area contributed by atoms with Crippen LogP contribution < -0.4 is 10.1 Å². The van der Waals surface area contributed by atoms with Gasteiger partial charge in [0.05, 0.1) is 5.69 Å². The fraction of sp³-hybridized carbons (Fsp3) is 0.0714. The molecule has 98 valence electrons. The molecule has 0 fully saturated rings. The normalized spacial score (nSPS) is 10.0. The summed E-state index contributed by atoms with van der Waals surface area (Å²) in [7, 11) is 0. The van der Waals surface area contributed by atoms with Crippen LogP contribution in [-0.2, 0) is 4.79 Å². The molecule has 5 heteroatoms. The first-order valence-electron chi connectivity index (χ1n) is 5.58. The fourth-order valence-corrected chi connectivity index (χ4v) is 1.96. The van der Waals surface area contributed by atoms with Gasteiger partial charge in [-0.3, -0.25) is 4.79 Å². The molecular weight excluding hydrogens is 330 g/mol. The molecule has 1 N–H and O–H groups in total. The van der Waals surface area contributed by atoms with Gasteiger partial charge in [-0.2, -0.15) is 0 Å². The highest BCUT2D eigenvalue weighted by atomic mass is 79.9. The Morgan fingerprint density at radius 1 is 1.21 bits per heavy atom. The Morgan fingerprint density at radius 3 is 2.68 bits per heavy atom. The SMILES string of the molecule is O=C(COc1ccccc1)Nc1cc(Cl)ccc1Br. The summed E-state index contributed by atoms with van der Waals surface area (Å²) in [5, 5.41) is 3.28. The first-order valence-corrected chi connectivity index (χ1v) is 6.75. The zero-order valence-electron chi connectivity index (χ0n) is 9.90. The zero-order valence-corrected chi connectivity index (χ0v) is 12.2. The fourth-order valence-electron chi connectivity index (χ4n) is 1.45. The molecule has 2 aromatic rings. The highest BCUT2D eigenvalue weighted by molar-refractivity contribution is 9.10. The maximum atomic E-state index is 11.7. The van der Waals surface area contributed by atoms with Gasteiger partial charge in [0.25, 0.3) is 5.91 Å². The van der Waals surface area contributed by atoms with E-state index in [2.05, 4.69) is 21.2 Å². The van der Waals surface area contributed by atoms with Crippen molar-refractivity contribution in [1.82, 2.24) is 0 Å². The second-order valence-corrected chi connectivity index (χ2v) is 5.06. The lowest BCUT2D eigenvalue weighted by atomic mass is 10.3. The van der Waals surface area contributed by atoms with Gasteiger partial charge in [0.2, 0.25) is 0 Å². The molecule has 0 saturated heterocycles. The zero-order chi connectivity index (χ0) is 13.7. The molecule has 3 nitrogen and oxygen atoms in total. The van der Waals surface area contributed by atoms with E-state index in [0.29, 0.717) is 16.5 Å². The van der Waals surface area contributed by atoms with Crippen LogP contribution in [0.3, 0.4) is 0 Å². The molecule has 0 heterocycles. The average Bonchev–Trinajstić information content (AvgIpc) is 2.42. The van der Waals surface area contributed by atoms with E-state index >= 15 is 0 Å². The molecule has 0 saturated carbocycles. The lowest BCUT2D eigenvalue weighted by Crippen LogP contribution is -2.20. The molecule has 1 amide bonds. The molecule has 2 rings (SSSR count). The summed E-state index contributed by atoms with van der Waals surface area (Å²) in [6, 6.07) is 14.4. The maximum Gasteiger partial charge on any atom is 0.262 e. The second-order valence-electron chi connectivity index (χ2n) is 3.77. The average molecular weight is 341 g/mol. The van der Waals surface area contributed by atoms with Crippen molar-refractivity contribution in [1.29, 1.82) is 0 Å². The Hall–Kier alpha value is -1.52. The highest BCUT2D eigenvalue weighted by Gasteiger charge is 2.07. The van der Waals surface area contributed by atoms with Crippen molar-refractivity contribution in [3.63, 3.8) is 0 Å². The van der Waals surface area contributed by atoms with Crippen molar-refractivity contribution >= 4 is 39.1 Å². The third-order valence-corrected chi connectivity index (χ3v) is 3.24. The number of ether oxygens (including phenoxy) is 1. The predicted molar refractivity (Wildman–Crippen MR) is 79.7 cm³/mol. The largest absolute Gasteiger partial charge is 0.484 e. The number of anilines is 1. The van der Waals surface area contributed by atoms with Gasteiger partial charge in [-0.1, -0.05) is 29.8 Å². The Labute approximate surface area is 124 Å². The quantitative estimate of drug-likeness (QED) is 0.909. The number of rotatable bonds is 4. The number of carbonyl (C=O) groups is 1. The van der Waals surface area contributed by atoms with Crippen LogP contribution in [0.4, 0.5) is 5.69 Å². The third kappa shape index (κ3) is 4.26. The molecular formula is C14H11BrClNO2. The summed E-state index contributed by atoms with van der Waals surface area (Å²) in [6.07, 6.45) is 0. The number of nitrogens with one attached hydrogen (secondary N) is 1. The minimum atomic E-state index is -0.244. The van der Waals surface area contributed by atoms with E-state index in [-0.39, 0.29) is 12.5 Å². The van der Waals surface area contributed by atoms with Gasteiger partial charge in [-0.05, 0) is 46.3 Å². The monoisotopic (exact) mass is 339 g/mol. The maximum absolute atomic E-state index is 11.7. The van der Waals surface area contributed by atoms with E-state index in [4.69, 9.17) is 16.3 Å². The van der Waals surface area contributed by atoms with Crippen LogP contribution in [-0.4, -0.2) is 12.5 Å². The molecule has 0 aliphatic rings. The van der Waals surface area contributed by atoms with E-state index in [1.54, 1.807) is 30.3 Å². The van der Waals surface area contributed by atoms with Crippen LogP contribution >= 0.6 is 27.5 Å². The van der Waals surface area contributed by atoms with E-state index < -0.39 is 0 Å². The molecule has 0 radical (unpaired) electrons. The Balaban J connectivity index is 1.93. The summed E-state index contributed by atoms with van der Waals surface area (Å²) < 4.78 is 6.12. The van der Waals surface area contributed by atoms with Crippen molar-refractivity contribution in [2.75, 3.05) is 11.9 Å². The number of hydrogen-bond acceptors (Lipinski definition) is 2. The van der Waals surface area contributed by atoms with Gasteiger partial charge in [-0.15, -0.1) is 0 Å². The number of benzene rings is 2. The van der Waals surface area contributed by atoms with Gasteiger partial charge < -0.3 is 10.1 Å². The van der Waals surface area contributed by atoms with Crippen LogP contribution in [0, 0.1) is 0 Å². The van der Waals surface area contributed by atoms with Crippen molar-refractivity contribution in [3.8, 4) is 5.75 Å². The first-order chi connectivity index (χ1) is 9.15. The predicted octanol–water partition coefficient (Wildman–Crippen LogP) is 4.12. The standard InChI is InChI=1S/C14H11BrClNO2/c15-12-7-6-10(16)8-13(12)17-14(18)9-19-11-4-2-1-3-5-11/h1-8H,9H2,(H,17,18). The van der Waals surface area contributed by atoms with E-state index in [1.165, 1.54) is 0 Å². The molecule has 0 atom stereocenters. The lowest BCUT2D eigenvalue weighted by Gasteiger charge is -2.09. The van der Waals surface area contributed by atoms with Crippen LogP contribution in [0.25, 0.3) is 0 Å². The third-order valence-electron chi connectivity index (χ3n) is 2.32. The van der Waals surface area contributed by atoms with Crippen molar-refractivity contribution < 1.29 is 9.53 Å². The van der Waals surface area contributed by atoms with Crippen LogP contribution in [0.1, 0.15) is 0 Å². The number of hydrogen-bond donors (Lipinski definition) is 1. The summed E-state index contributed by atoms with van der Waals surface area (Å²) in [5.41, 5.74) is 0.620.